The largest absolute Gasteiger partial charge is 0.507 e. The number of rotatable bonds is 11. The van der Waals surface area contributed by atoms with Crippen LogP contribution in [0.4, 0.5) is 0 Å². The fourth-order valence-corrected chi connectivity index (χ4v) is 4.60. The van der Waals surface area contributed by atoms with Crippen LogP contribution in [-0.4, -0.2) is 49.1 Å². The van der Waals surface area contributed by atoms with Gasteiger partial charge in [-0.3, -0.25) is 9.59 Å². The Kier molecular flexibility index (Phi) is 8.69. The minimum atomic E-state index is -0.803. The summed E-state index contributed by atoms with van der Waals surface area (Å²) in [5.74, 6) is -0.0561. The molecule has 0 radical (unpaired) electrons. The van der Waals surface area contributed by atoms with Gasteiger partial charge in [-0.1, -0.05) is 61.9 Å². The van der Waals surface area contributed by atoms with Crippen LogP contribution in [0.1, 0.15) is 42.5 Å². The second kappa shape index (κ2) is 12.3. The molecular formula is C31H33NO6. The van der Waals surface area contributed by atoms with Crippen molar-refractivity contribution in [1.82, 2.24) is 4.90 Å². The Morgan fingerprint density at radius 3 is 2.39 bits per heavy atom. The van der Waals surface area contributed by atoms with E-state index in [1.807, 2.05) is 30.3 Å². The fraction of sp³-hybridized carbons (Fsp3) is 0.290. The molecule has 0 saturated carbocycles. The van der Waals surface area contributed by atoms with E-state index in [9.17, 15) is 14.7 Å². The molecule has 0 aromatic heterocycles. The van der Waals surface area contributed by atoms with Crippen molar-refractivity contribution in [2.45, 2.75) is 32.2 Å². The van der Waals surface area contributed by atoms with Gasteiger partial charge in [0, 0.05) is 12.1 Å². The molecule has 3 aromatic rings. The third-order valence-corrected chi connectivity index (χ3v) is 6.62. The zero-order chi connectivity index (χ0) is 27.1. The van der Waals surface area contributed by atoms with E-state index in [-0.39, 0.29) is 11.3 Å². The van der Waals surface area contributed by atoms with Crippen LogP contribution in [0.15, 0.2) is 78.4 Å². The van der Waals surface area contributed by atoms with Crippen LogP contribution in [-0.2, 0) is 16.0 Å². The molecule has 0 spiro atoms. The number of ketones is 1. The maximum Gasteiger partial charge on any atom is 0.295 e. The lowest BCUT2D eigenvalue weighted by atomic mass is 9.94. The van der Waals surface area contributed by atoms with Gasteiger partial charge in [-0.2, -0.15) is 0 Å². The fourth-order valence-electron chi connectivity index (χ4n) is 4.60. The zero-order valence-corrected chi connectivity index (χ0v) is 22.0. The summed E-state index contributed by atoms with van der Waals surface area (Å²) < 4.78 is 16.7. The van der Waals surface area contributed by atoms with Gasteiger partial charge in [0.05, 0.1) is 32.4 Å². The second-order valence-corrected chi connectivity index (χ2v) is 9.07. The molecule has 7 heteroatoms. The molecule has 38 heavy (non-hydrogen) atoms. The first-order valence-electron chi connectivity index (χ1n) is 12.8. The van der Waals surface area contributed by atoms with Crippen LogP contribution in [0.25, 0.3) is 5.76 Å². The predicted octanol–water partition coefficient (Wildman–Crippen LogP) is 5.55. The average Bonchev–Trinajstić information content (AvgIpc) is 3.21. The molecule has 1 atom stereocenters. The van der Waals surface area contributed by atoms with E-state index in [4.69, 9.17) is 14.2 Å². The molecule has 0 bridgehead atoms. The molecular weight excluding hydrogens is 482 g/mol. The van der Waals surface area contributed by atoms with E-state index in [2.05, 4.69) is 6.92 Å². The topological polar surface area (TPSA) is 85.3 Å². The van der Waals surface area contributed by atoms with Gasteiger partial charge in [-0.05, 0) is 48.2 Å². The number of carbonyl (C=O) groups excluding carboxylic acids is 2. The Bertz CT molecular complexity index is 1320. The van der Waals surface area contributed by atoms with E-state index in [0.29, 0.717) is 47.9 Å². The maximum absolute atomic E-state index is 13.4. The van der Waals surface area contributed by atoms with Crippen LogP contribution in [0.3, 0.4) is 0 Å². The number of ether oxygens (including phenoxy) is 3. The summed E-state index contributed by atoms with van der Waals surface area (Å²) in [5, 5.41) is 11.4. The Hall–Kier alpha value is -4.26. The highest BCUT2D eigenvalue weighted by molar-refractivity contribution is 6.46. The monoisotopic (exact) mass is 515 g/mol. The van der Waals surface area contributed by atoms with Gasteiger partial charge in [0.1, 0.15) is 11.5 Å². The smallest absolute Gasteiger partial charge is 0.295 e. The molecule has 3 aromatic carbocycles. The van der Waals surface area contributed by atoms with Crippen molar-refractivity contribution in [3.05, 3.63) is 95.1 Å². The average molecular weight is 516 g/mol. The number of carbonyl (C=O) groups is 2. The number of aliphatic hydroxyl groups is 1. The zero-order valence-electron chi connectivity index (χ0n) is 22.0. The number of benzene rings is 3. The third kappa shape index (κ3) is 5.67. The highest BCUT2D eigenvalue weighted by atomic mass is 16.5. The van der Waals surface area contributed by atoms with Crippen molar-refractivity contribution in [2.75, 3.05) is 27.4 Å². The van der Waals surface area contributed by atoms with Gasteiger partial charge in [0.25, 0.3) is 11.7 Å². The molecule has 4 rings (SSSR count). The van der Waals surface area contributed by atoms with Crippen LogP contribution in [0.2, 0.25) is 0 Å². The predicted molar refractivity (Wildman–Crippen MR) is 146 cm³/mol. The Morgan fingerprint density at radius 2 is 1.68 bits per heavy atom. The van der Waals surface area contributed by atoms with Crippen molar-refractivity contribution in [3.8, 4) is 17.2 Å². The summed E-state index contributed by atoms with van der Waals surface area (Å²) in [4.78, 5) is 28.2. The van der Waals surface area contributed by atoms with E-state index < -0.39 is 17.7 Å². The minimum absolute atomic E-state index is 0.0287. The number of Topliss-reactive ketones (excluding diaryl/α,β-unsaturated/α-hetero) is 1. The summed E-state index contributed by atoms with van der Waals surface area (Å²) in [6.07, 6.45) is 2.46. The van der Waals surface area contributed by atoms with Crippen molar-refractivity contribution in [1.29, 1.82) is 0 Å². The molecule has 1 fully saturated rings. The van der Waals surface area contributed by atoms with Gasteiger partial charge < -0.3 is 24.2 Å². The molecule has 1 N–H and O–H groups in total. The minimum Gasteiger partial charge on any atom is -0.507 e. The number of likely N-dealkylation sites (tertiary alicyclic amines) is 1. The quantitative estimate of drug-likeness (QED) is 0.156. The Morgan fingerprint density at radius 1 is 0.921 bits per heavy atom. The summed E-state index contributed by atoms with van der Waals surface area (Å²) in [6.45, 7) is 2.93. The van der Waals surface area contributed by atoms with Crippen LogP contribution >= 0.6 is 0 Å². The molecule has 1 amide bonds. The van der Waals surface area contributed by atoms with Crippen LogP contribution in [0.5, 0.6) is 17.2 Å². The standard InChI is InChI=1S/C31H33NO6/c1-4-5-18-38-24-13-9-12-23(19-24)29(33)27-28(22-14-15-25(36-2)26(20-22)37-3)32(31(35)30(27)34)17-16-21-10-7-6-8-11-21/h6-15,19-20,28,33H,4-5,16-18H2,1-3H3. The second-order valence-electron chi connectivity index (χ2n) is 9.07. The van der Waals surface area contributed by atoms with Crippen molar-refractivity contribution in [3.63, 3.8) is 0 Å². The summed E-state index contributed by atoms with van der Waals surface area (Å²) in [6, 6.07) is 21.2. The highest BCUT2D eigenvalue weighted by Gasteiger charge is 2.46. The van der Waals surface area contributed by atoms with Crippen LogP contribution < -0.4 is 14.2 Å². The summed E-state index contributed by atoms with van der Waals surface area (Å²) in [5.41, 5.74) is 2.11. The normalized spacial score (nSPS) is 16.5. The molecule has 0 aliphatic carbocycles. The maximum atomic E-state index is 13.4. The van der Waals surface area contributed by atoms with Crippen molar-refractivity contribution in [2.24, 2.45) is 0 Å². The number of aliphatic hydroxyl groups excluding tert-OH is 1. The van der Waals surface area contributed by atoms with Crippen molar-refractivity contribution >= 4 is 17.4 Å². The van der Waals surface area contributed by atoms with E-state index in [1.54, 1.807) is 49.6 Å². The Labute approximate surface area is 223 Å². The molecule has 1 heterocycles. The van der Waals surface area contributed by atoms with Gasteiger partial charge in [-0.15, -0.1) is 0 Å². The molecule has 1 aliphatic rings. The van der Waals surface area contributed by atoms with E-state index in [1.165, 1.54) is 12.0 Å². The molecule has 1 unspecified atom stereocenters. The number of nitrogens with zero attached hydrogens (tertiary/aromatic N) is 1. The van der Waals surface area contributed by atoms with E-state index in [0.717, 1.165) is 18.4 Å². The number of amides is 1. The molecule has 198 valence electrons. The van der Waals surface area contributed by atoms with Gasteiger partial charge >= 0.3 is 0 Å². The molecule has 7 nitrogen and oxygen atoms in total. The lowest BCUT2D eigenvalue weighted by Crippen LogP contribution is -2.31. The highest BCUT2D eigenvalue weighted by Crippen LogP contribution is 2.42. The Balaban J connectivity index is 1.78. The first-order valence-corrected chi connectivity index (χ1v) is 12.8. The molecule has 1 aliphatic heterocycles. The first-order chi connectivity index (χ1) is 18.5. The SMILES string of the molecule is CCCCOc1cccc(C(O)=C2C(=O)C(=O)N(CCc3ccccc3)C2c2ccc(OC)c(OC)c2)c1. The van der Waals surface area contributed by atoms with Crippen LogP contribution in [0, 0.1) is 0 Å². The third-order valence-electron chi connectivity index (χ3n) is 6.62. The van der Waals surface area contributed by atoms with Gasteiger partial charge in [0.2, 0.25) is 0 Å². The first kappa shape index (κ1) is 26.8. The van der Waals surface area contributed by atoms with Gasteiger partial charge in [0.15, 0.2) is 11.5 Å². The number of hydrogen-bond acceptors (Lipinski definition) is 6. The lowest BCUT2D eigenvalue weighted by Gasteiger charge is -2.26. The lowest BCUT2D eigenvalue weighted by molar-refractivity contribution is -0.139. The number of unbranched alkanes of at least 4 members (excludes halogenated alkanes) is 1. The molecule has 1 saturated heterocycles. The summed E-state index contributed by atoms with van der Waals surface area (Å²) in [7, 11) is 3.07. The number of hydrogen-bond donors (Lipinski definition) is 1. The summed E-state index contributed by atoms with van der Waals surface area (Å²) >= 11 is 0. The van der Waals surface area contributed by atoms with Crippen molar-refractivity contribution < 1.29 is 28.9 Å². The van der Waals surface area contributed by atoms with Gasteiger partial charge in [-0.25, -0.2) is 0 Å². The number of methoxy groups -OCH3 is 2. The van der Waals surface area contributed by atoms with E-state index >= 15 is 0 Å².